The predicted octanol–water partition coefficient (Wildman–Crippen LogP) is 3.19. The van der Waals surface area contributed by atoms with E-state index in [9.17, 15) is 0 Å². The fourth-order valence-corrected chi connectivity index (χ4v) is 4.26. The summed E-state index contributed by atoms with van der Waals surface area (Å²) in [7, 11) is 2.18. The molecule has 1 aliphatic carbocycles. The van der Waals surface area contributed by atoms with E-state index in [0.717, 1.165) is 29.7 Å². The van der Waals surface area contributed by atoms with Crippen LogP contribution >= 0.6 is 15.9 Å². The van der Waals surface area contributed by atoms with Crippen molar-refractivity contribution in [2.45, 2.75) is 44.6 Å². The van der Waals surface area contributed by atoms with Gasteiger partial charge < -0.3 is 9.47 Å². The van der Waals surface area contributed by atoms with Crippen LogP contribution in [0.3, 0.4) is 0 Å². The van der Waals surface area contributed by atoms with Crippen LogP contribution in [0.1, 0.15) is 48.9 Å². The number of rotatable bonds is 2. The molecule has 2 aromatic rings. The lowest BCUT2D eigenvalue weighted by Crippen LogP contribution is -2.26. The molecule has 4 rings (SSSR count). The minimum absolute atomic E-state index is 0.321. The molecule has 5 nitrogen and oxygen atoms in total. The van der Waals surface area contributed by atoms with Gasteiger partial charge in [0.25, 0.3) is 0 Å². The molecule has 0 unspecified atom stereocenters. The minimum atomic E-state index is 0.321. The molecule has 0 amide bonds. The second-order valence-corrected chi connectivity index (χ2v) is 7.03. The lowest BCUT2D eigenvalue weighted by atomic mass is 10.0. The predicted molar refractivity (Wildman–Crippen MR) is 88.9 cm³/mol. The van der Waals surface area contributed by atoms with E-state index in [1.54, 1.807) is 6.33 Å². The van der Waals surface area contributed by atoms with Crippen LogP contribution in [0.5, 0.6) is 0 Å². The summed E-state index contributed by atoms with van der Waals surface area (Å²) < 4.78 is 3.30. The second kappa shape index (κ2) is 5.65. The summed E-state index contributed by atoms with van der Waals surface area (Å²) in [6.07, 6.45) is 10.6. The summed E-state index contributed by atoms with van der Waals surface area (Å²) >= 11 is 3.59. The quantitative estimate of drug-likeness (QED) is 0.823. The molecule has 1 fully saturated rings. The first kappa shape index (κ1) is 14.2. The lowest BCUT2D eigenvalue weighted by molar-refractivity contribution is 0.606. The van der Waals surface area contributed by atoms with Gasteiger partial charge in [-0.25, -0.2) is 15.0 Å². The standard InChI is InChI=1S/C16H20BrN5/c1-21-13-6-3-2-5-12(13)20-16(21)14-7-4-8-22(14)15-11(17)9-18-10-19-15/h9-10,14H,2-8H2,1H3/t14-/m0/s1. The Morgan fingerprint density at radius 1 is 1.23 bits per heavy atom. The highest BCUT2D eigenvalue weighted by molar-refractivity contribution is 9.10. The number of imidazole rings is 1. The van der Waals surface area contributed by atoms with Gasteiger partial charge in [-0.15, -0.1) is 0 Å². The van der Waals surface area contributed by atoms with Crippen molar-refractivity contribution in [2.75, 3.05) is 11.4 Å². The van der Waals surface area contributed by atoms with E-state index in [1.807, 2.05) is 6.20 Å². The van der Waals surface area contributed by atoms with Gasteiger partial charge in [-0.05, 0) is 54.5 Å². The fraction of sp³-hybridized carbons (Fsp3) is 0.562. The van der Waals surface area contributed by atoms with Crippen molar-refractivity contribution in [3.8, 4) is 0 Å². The first-order valence-electron chi connectivity index (χ1n) is 8.02. The van der Waals surface area contributed by atoms with Crippen molar-refractivity contribution in [3.05, 3.63) is 34.2 Å². The zero-order valence-electron chi connectivity index (χ0n) is 12.8. The molecular weight excluding hydrogens is 342 g/mol. The number of anilines is 1. The van der Waals surface area contributed by atoms with Gasteiger partial charge in [0.1, 0.15) is 18.0 Å². The molecule has 0 saturated carbocycles. The Balaban J connectivity index is 1.73. The van der Waals surface area contributed by atoms with E-state index in [-0.39, 0.29) is 0 Å². The highest BCUT2D eigenvalue weighted by Gasteiger charge is 2.33. The molecule has 2 aliphatic rings. The molecule has 0 aromatic carbocycles. The number of halogens is 1. The summed E-state index contributed by atoms with van der Waals surface area (Å²) in [6, 6.07) is 0.321. The van der Waals surface area contributed by atoms with Gasteiger partial charge >= 0.3 is 0 Å². The van der Waals surface area contributed by atoms with Gasteiger partial charge in [-0.3, -0.25) is 0 Å². The zero-order valence-corrected chi connectivity index (χ0v) is 14.4. The largest absolute Gasteiger partial charge is 0.345 e. The minimum Gasteiger partial charge on any atom is -0.345 e. The third-order valence-corrected chi connectivity index (χ3v) is 5.44. The number of aromatic nitrogens is 4. The molecule has 6 heteroatoms. The van der Waals surface area contributed by atoms with Gasteiger partial charge in [0, 0.05) is 25.5 Å². The van der Waals surface area contributed by atoms with Crippen molar-refractivity contribution in [3.63, 3.8) is 0 Å². The highest BCUT2D eigenvalue weighted by Crippen LogP contribution is 2.38. The Hall–Kier alpha value is -1.43. The van der Waals surface area contributed by atoms with E-state index >= 15 is 0 Å². The first-order chi connectivity index (χ1) is 10.8. The number of hydrogen-bond acceptors (Lipinski definition) is 4. The normalized spacial score (nSPS) is 21.2. The maximum absolute atomic E-state index is 5.00. The maximum atomic E-state index is 5.00. The van der Waals surface area contributed by atoms with Crippen molar-refractivity contribution < 1.29 is 0 Å². The van der Waals surface area contributed by atoms with Gasteiger partial charge in [-0.1, -0.05) is 0 Å². The number of hydrogen-bond donors (Lipinski definition) is 0. The number of nitrogens with zero attached hydrogens (tertiary/aromatic N) is 5. The molecule has 2 aromatic heterocycles. The van der Waals surface area contributed by atoms with Crippen molar-refractivity contribution >= 4 is 21.7 Å². The molecule has 0 radical (unpaired) electrons. The topological polar surface area (TPSA) is 46.8 Å². The molecule has 1 aliphatic heterocycles. The van der Waals surface area contributed by atoms with E-state index in [4.69, 9.17) is 4.98 Å². The monoisotopic (exact) mass is 361 g/mol. The average Bonchev–Trinajstić information content (AvgIpc) is 3.13. The SMILES string of the molecule is Cn1c([C@@H]2CCCN2c2ncncc2Br)nc2c1CCCC2. The molecular formula is C16H20BrN5. The van der Waals surface area contributed by atoms with Crippen LogP contribution in [-0.2, 0) is 19.9 Å². The zero-order chi connectivity index (χ0) is 15.1. The van der Waals surface area contributed by atoms with Crippen molar-refractivity contribution in [1.82, 2.24) is 19.5 Å². The fourth-order valence-electron chi connectivity index (χ4n) is 3.81. The Bertz CT molecular complexity index is 696. The molecule has 3 heterocycles. The molecule has 0 bridgehead atoms. The smallest absolute Gasteiger partial charge is 0.146 e. The van der Waals surface area contributed by atoms with Crippen LogP contribution in [0.4, 0.5) is 5.82 Å². The van der Waals surface area contributed by atoms with Crippen molar-refractivity contribution in [2.24, 2.45) is 7.05 Å². The Morgan fingerprint density at radius 3 is 2.91 bits per heavy atom. The Morgan fingerprint density at radius 2 is 2.09 bits per heavy atom. The Labute approximate surface area is 138 Å². The van der Waals surface area contributed by atoms with E-state index in [1.165, 1.54) is 42.9 Å². The molecule has 116 valence electrons. The van der Waals surface area contributed by atoms with E-state index in [0.29, 0.717) is 6.04 Å². The summed E-state index contributed by atoms with van der Waals surface area (Å²) in [5.74, 6) is 2.19. The number of fused-ring (bicyclic) bond motifs is 1. The summed E-state index contributed by atoms with van der Waals surface area (Å²) in [4.78, 5) is 15.9. The third kappa shape index (κ3) is 2.24. The van der Waals surface area contributed by atoms with Gasteiger partial charge in [0.15, 0.2) is 0 Å². The van der Waals surface area contributed by atoms with Gasteiger partial charge in [0.05, 0.1) is 16.2 Å². The van der Waals surface area contributed by atoms with Crippen LogP contribution < -0.4 is 4.90 Å². The molecule has 1 saturated heterocycles. The summed E-state index contributed by atoms with van der Waals surface area (Å²) in [5.41, 5.74) is 2.76. The summed E-state index contributed by atoms with van der Waals surface area (Å²) in [6.45, 7) is 1.03. The van der Waals surface area contributed by atoms with Crippen LogP contribution in [0.15, 0.2) is 17.0 Å². The van der Waals surface area contributed by atoms with Crippen molar-refractivity contribution in [1.29, 1.82) is 0 Å². The molecule has 22 heavy (non-hydrogen) atoms. The first-order valence-corrected chi connectivity index (χ1v) is 8.81. The van der Waals surface area contributed by atoms with Crippen LogP contribution in [0.25, 0.3) is 0 Å². The second-order valence-electron chi connectivity index (χ2n) is 6.18. The molecule has 1 atom stereocenters. The van der Waals surface area contributed by atoms with E-state index < -0.39 is 0 Å². The molecule has 0 N–H and O–H groups in total. The van der Waals surface area contributed by atoms with E-state index in [2.05, 4.69) is 42.4 Å². The van der Waals surface area contributed by atoms with Crippen LogP contribution in [-0.4, -0.2) is 26.1 Å². The Kier molecular flexibility index (Phi) is 3.64. The molecule has 0 spiro atoms. The lowest BCUT2D eigenvalue weighted by Gasteiger charge is -2.26. The third-order valence-electron chi connectivity index (χ3n) is 4.88. The van der Waals surface area contributed by atoms with Gasteiger partial charge in [-0.2, -0.15) is 0 Å². The maximum Gasteiger partial charge on any atom is 0.146 e. The van der Waals surface area contributed by atoms with Crippen LogP contribution in [0.2, 0.25) is 0 Å². The average molecular weight is 362 g/mol. The number of aryl methyl sites for hydroxylation is 1. The van der Waals surface area contributed by atoms with Gasteiger partial charge in [0.2, 0.25) is 0 Å². The summed E-state index contributed by atoms with van der Waals surface area (Å²) in [5, 5.41) is 0. The highest BCUT2D eigenvalue weighted by atomic mass is 79.9. The van der Waals surface area contributed by atoms with Crippen LogP contribution in [0, 0.1) is 0 Å².